The van der Waals surface area contributed by atoms with Gasteiger partial charge in [0.1, 0.15) is 5.75 Å². The third-order valence-corrected chi connectivity index (χ3v) is 4.92. The van der Waals surface area contributed by atoms with E-state index < -0.39 is 0 Å². The molecule has 7 heteroatoms. The zero-order chi connectivity index (χ0) is 17.1. The quantitative estimate of drug-likeness (QED) is 0.670. The molecule has 0 spiro atoms. The second kappa shape index (κ2) is 7.48. The van der Waals surface area contributed by atoms with Crippen LogP contribution in [0.5, 0.6) is 5.75 Å². The van der Waals surface area contributed by atoms with E-state index >= 15 is 0 Å². The summed E-state index contributed by atoms with van der Waals surface area (Å²) in [5.74, 6) is 0.251. The number of nitrogens with one attached hydrogen (secondary N) is 1. The van der Waals surface area contributed by atoms with Gasteiger partial charge in [-0.05, 0) is 52.9 Å². The lowest BCUT2D eigenvalue weighted by Gasteiger charge is -2.36. The molecule has 1 heterocycles. The third kappa shape index (κ3) is 4.05. The van der Waals surface area contributed by atoms with Crippen molar-refractivity contribution in [3.8, 4) is 5.75 Å². The summed E-state index contributed by atoms with van der Waals surface area (Å²) in [5.41, 5.74) is 1.59. The van der Waals surface area contributed by atoms with E-state index in [1.165, 1.54) is 0 Å². The van der Waals surface area contributed by atoms with Crippen LogP contribution in [0.2, 0.25) is 5.02 Å². The topological polar surface area (TPSA) is 55.8 Å². The van der Waals surface area contributed by atoms with Gasteiger partial charge < -0.3 is 20.2 Å². The summed E-state index contributed by atoms with van der Waals surface area (Å²) in [4.78, 5) is 16.3. The Morgan fingerprint density at radius 3 is 2.54 bits per heavy atom. The number of amides is 2. The van der Waals surface area contributed by atoms with Gasteiger partial charge in [0.15, 0.2) is 0 Å². The van der Waals surface area contributed by atoms with Gasteiger partial charge in [0, 0.05) is 41.5 Å². The minimum atomic E-state index is -0.145. The maximum absolute atomic E-state index is 12.4. The predicted molar refractivity (Wildman–Crippen MR) is 105 cm³/mol. The van der Waals surface area contributed by atoms with E-state index in [1.807, 2.05) is 30.3 Å². The van der Waals surface area contributed by atoms with Crippen LogP contribution >= 0.6 is 34.2 Å². The fourth-order valence-electron chi connectivity index (χ4n) is 2.64. The van der Waals surface area contributed by atoms with Gasteiger partial charge in [-0.2, -0.15) is 0 Å². The number of phenolic OH excluding ortho intramolecular Hbond substituents is 1. The molecule has 2 N–H and O–H groups in total. The van der Waals surface area contributed by atoms with Crippen LogP contribution in [0.25, 0.3) is 0 Å². The van der Waals surface area contributed by atoms with E-state index in [0.717, 1.165) is 22.3 Å². The van der Waals surface area contributed by atoms with Crippen molar-refractivity contribution in [1.82, 2.24) is 4.90 Å². The molecule has 0 saturated carbocycles. The lowest BCUT2D eigenvalue weighted by atomic mass is 10.2. The van der Waals surface area contributed by atoms with Crippen molar-refractivity contribution in [2.24, 2.45) is 0 Å². The van der Waals surface area contributed by atoms with Crippen LogP contribution in [-0.2, 0) is 0 Å². The van der Waals surface area contributed by atoms with Crippen molar-refractivity contribution in [3.05, 3.63) is 51.1 Å². The molecular formula is C17H17ClIN3O2. The summed E-state index contributed by atoms with van der Waals surface area (Å²) in [7, 11) is 0. The molecule has 0 aromatic heterocycles. The van der Waals surface area contributed by atoms with Gasteiger partial charge in [0.25, 0.3) is 0 Å². The van der Waals surface area contributed by atoms with Crippen LogP contribution in [0.15, 0.2) is 42.5 Å². The van der Waals surface area contributed by atoms with Gasteiger partial charge in [-0.15, -0.1) is 0 Å². The first kappa shape index (κ1) is 17.2. The van der Waals surface area contributed by atoms with E-state index in [2.05, 4.69) is 32.8 Å². The van der Waals surface area contributed by atoms with E-state index in [1.54, 1.807) is 17.0 Å². The van der Waals surface area contributed by atoms with E-state index in [4.69, 9.17) is 11.6 Å². The Morgan fingerprint density at radius 1 is 1.12 bits per heavy atom. The van der Waals surface area contributed by atoms with Crippen molar-refractivity contribution < 1.29 is 9.90 Å². The zero-order valence-electron chi connectivity index (χ0n) is 12.9. The molecule has 1 aliphatic heterocycles. The number of phenols is 1. The van der Waals surface area contributed by atoms with E-state index in [-0.39, 0.29) is 11.8 Å². The monoisotopic (exact) mass is 457 g/mol. The van der Waals surface area contributed by atoms with Gasteiger partial charge in [0.2, 0.25) is 0 Å². The molecule has 1 fully saturated rings. The maximum atomic E-state index is 12.4. The summed E-state index contributed by atoms with van der Waals surface area (Å²) in [6, 6.07) is 12.6. The highest BCUT2D eigenvalue weighted by Crippen LogP contribution is 2.25. The second-order valence-corrected chi connectivity index (χ2v) is 7.20. The Hall–Kier alpha value is -1.67. The summed E-state index contributed by atoms with van der Waals surface area (Å²) in [6.45, 7) is 2.67. The normalized spacial score (nSPS) is 14.6. The average molecular weight is 458 g/mol. The molecule has 2 aromatic carbocycles. The molecule has 3 rings (SSSR count). The number of nitrogens with zero attached hydrogens (tertiary/aromatic N) is 2. The molecule has 24 heavy (non-hydrogen) atoms. The number of hydrogen-bond donors (Lipinski definition) is 2. The summed E-state index contributed by atoms with van der Waals surface area (Å²) < 4.78 is 1.02. The van der Waals surface area contributed by atoms with E-state index in [9.17, 15) is 9.90 Å². The highest BCUT2D eigenvalue weighted by molar-refractivity contribution is 14.1. The molecular weight excluding hydrogens is 441 g/mol. The fraction of sp³-hybridized carbons (Fsp3) is 0.235. The van der Waals surface area contributed by atoms with Crippen LogP contribution in [0, 0.1) is 3.57 Å². The highest BCUT2D eigenvalue weighted by atomic mass is 127. The van der Waals surface area contributed by atoms with Gasteiger partial charge in [0.05, 0.1) is 10.7 Å². The van der Waals surface area contributed by atoms with Gasteiger partial charge >= 0.3 is 6.03 Å². The number of rotatable bonds is 2. The Balaban J connectivity index is 1.59. The number of carbonyl (C=O) groups excluding carboxylic acids is 1. The lowest BCUT2D eigenvalue weighted by Crippen LogP contribution is -2.50. The van der Waals surface area contributed by atoms with Crippen LogP contribution in [0.3, 0.4) is 0 Å². The van der Waals surface area contributed by atoms with Crippen LogP contribution in [-0.4, -0.2) is 42.2 Å². The number of anilines is 2. The minimum Gasteiger partial charge on any atom is -0.508 e. The summed E-state index contributed by atoms with van der Waals surface area (Å²) in [5, 5.41) is 13.0. The van der Waals surface area contributed by atoms with Crippen molar-refractivity contribution in [3.63, 3.8) is 0 Å². The minimum absolute atomic E-state index is 0.145. The number of benzene rings is 2. The average Bonchev–Trinajstić information content (AvgIpc) is 2.57. The molecule has 5 nitrogen and oxygen atoms in total. The van der Waals surface area contributed by atoms with Gasteiger partial charge in [-0.25, -0.2) is 4.79 Å². The summed E-state index contributed by atoms with van der Waals surface area (Å²) >= 11 is 8.34. The molecule has 126 valence electrons. The Bertz CT molecular complexity index is 748. The number of carbonyl (C=O) groups is 1. The van der Waals surface area contributed by atoms with Crippen LogP contribution in [0.4, 0.5) is 16.2 Å². The lowest BCUT2D eigenvalue weighted by molar-refractivity contribution is 0.208. The smallest absolute Gasteiger partial charge is 0.322 e. The fourth-order valence-corrected chi connectivity index (χ4v) is 3.55. The van der Waals surface area contributed by atoms with Crippen LogP contribution < -0.4 is 10.2 Å². The first-order chi connectivity index (χ1) is 11.5. The number of urea groups is 1. The SMILES string of the molecule is O=C(Nc1ccc(I)cc1Cl)N1CCN(c2cccc(O)c2)CC1. The molecule has 2 amide bonds. The molecule has 0 bridgehead atoms. The standard InChI is InChI=1S/C17H17ClIN3O2/c18-15-10-12(19)4-5-16(15)20-17(24)22-8-6-21(7-9-22)13-2-1-3-14(23)11-13/h1-5,10-11,23H,6-9H2,(H,20,24). The van der Waals surface area contributed by atoms with Crippen molar-refractivity contribution in [2.75, 3.05) is 36.4 Å². The first-order valence-electron chi connectivity index (χ1n) is 7.58. The first-order valence-corrected chi connectivity index (χ1v) is 9.03. The predicted octanol–water partition coefficient (Wildman–Crippen LogP) is 4.00. The molecule has 1 aliphatic rings. The van der Waals surface area contributed by atoms with Crippen molar-refractivity contribution in [2.45, 2.75) is 0 Å². The Kier molecular flexibility index (Phi) is 5.35. The number of halogens is 2. The molecule has 0 aliphatic carbocycles. The second-order valence-electron chi connectivity index (χ2n) is 5.55. The molecule has 0 unspecified atom stereocenters. The van der Waals surface area contributed by atoms with Crippen molar-refractivity contribution in [1.29, 1.82) is 0 Å². The van der Waals surface area contributed by atoms with E-state index in [0.29, 0.717) is 23.8 Å². The molecule has 0 radical (unpaired) electrons. The third-order valence-electron chi connectivity index (χ3n) is 3.93. The van der Waals surface area contributed by atoms with Gasteiger partial charge in [-0.3, -0.25) is 0 Å². The number of aromatic hydroxyl groups is 1. The Morgan fingerprint density at radius 2 is 1.88 bits per heavy atom. The van der Waals surface area contributed by atoms with Crippen molar-refractivity contribution >= 4 is 51.6 Å². The Labute approximate surface area is 159 Å². The number of hydrogen-bond acceptors (Lipinski definition) is 3. The molecule has 1 saturated heterocycles. The largest absolute Gasteiger partial charge is 0.508 e. The zero-order valence-corrected chi connectivity index (χ0v) is 15.8. The molecule has 2 aromatic rings. The van der Waals surface area contributed by atoms with Crippen LogP contribution in [0.1, 0.15) is 0 Å². The summed E-state index contributed by atoms with van der Waals surface area (Å²) in [6.07, 6.45) is 0. The molecule has 0 atom stereocenters. The number of piperazine rings is 1. The highest BCUT2D eigenvalue weighted by Gasteiger charge is 2.22. The maximum Gasteiger partial charge on any atom is 0.322 e. The van der Waals surface area contributed by atoms with Gasteiger partial charge in [-0.1, -0.05) is 17.7 Å².